The smallest absolute Gasteiger partial charge is 0.330 e. The van der Waals surface area contributed by atoms with Gasteiger partial charge in [-0.1, -0.05) is 6.92 Å². The fourth-order valence-electron chi connectivity index (χ4n) is 3.49. The number of carboxylic acids is 1. The van der Waals surface area contributed by atoms with Crippen molar-refractivity contribution in [3.8, 4) is 0 Å². The Labute approximate surface area is 153 Å². The van der Waals surface area contributed by atoms with Gasteiger partial charge in [-0.2, -0.15) is 0 Å². The van der Waals surface area contributed by atoms with E-state index in [0.29, 0.717) is 31.9 Å². The van der Waals surface area contributed by atoms with Crippen molar-refractivity contribution >= 4 is 11.9 Å². The van der Waals surface area contributed by atoms with Gasteiger partial charge in [0, 0.05) is 56.5 Å². The summed E-state index contributed by atoms with van der Waals surface area (Å²) in [5.41, 5.74) is 0.135. The molecule has 3 rings (SSSR count). The summed E-state index contributed by atoms with van der Waals surface area (Å²) in [6.45, 7) is 6.95. The first-order valence-electron chi connectivity index (χ1n) is 9.06. The van der Waals surface area contributed by atoms with Crippen LogP contribution in [-0.4, -0.2) is 55.1 Å². The summed E-state index contributed by atoms with van der Waals surface area (Å²) in [7, 11) is 0. The average Bonchev–Trinajstić information content (AvgIpc) is 3.08. The zero-order chi connectivity index (χ0) is 18.6. The van der Waals surface area contributed by atoms with Gasteiger partial charge in [0.05, 0.1) is 0 Å². The van der Waals surface area contributed by atoms with Crippen molar-refractivity contribution in [3.05, 3.63) is 36.2 Å². The first-order chi connectivity index (χ1) is 12.5. The molecular formula is C18H26N6O2. The Kier molecular flexibility index (Phi) is 5.51. The minimum atomic E-state index is -0.901. The molecule has 0 bridgehead atoms. The van der Waals surface area contributed by atoms with E-state index in [1.54, 1.807) is 12.4 Å². The number of piperidine rings is 1. The SMILES string of the molecule is CCCNc1ncc(CN2CCC(C(=O)O)(n3ccnc3C)CC2)cn1. The molecule has 0 spiro atoms. The lowest BCUT2D eigenvalue weighted by Crippen LogP contribution is -2.51. The highest BCUT2D eigenvalue weighted by atomic mass is 16.4. The third-order valence-electron chi connectivity index (χ3n) is 5.01. The number of nitrogens with one attached hydrogen (secondary N) is 1. The third-order valence-corrected chi connectivity index (χ3v) is 5.01. The molecule has 0 radical (unpaired) electrons. The minimum absolute atomic E-state index is 0.552. The van der Waals surface area contributed by atoms with Gasteiger partial charge in [0.1, 0.15) is 11.4 Å². The maximum absolute atomic E-state index is 12.0. The number of anilines is 1. The van der Waals surface area contributed by atoms with Crippen molar-refractivity contribution in [1.82, 2.24) is 24.4 Å². The number of rotatable bonds is 7. The van der Waals surface area contributed by atoms with E-state index in [0.717, 1.165) is 30.9 Å². The Morgan fingerprint density at radius 3 is 2.50 bits per heavy atom. The summed E-state index contributed by atoms with van der Waals surface area (Å²) in [4.78, 5) is 27.1. The van der Waals surface area contributed by atoms with Gasteiger partial charge in [-0.15, -0.1) is 0 Å². The second-order valence-electron chi connectivity index (χ2n) is 6.80. The second kappa shape index (κ2) is 7.82. The zero-order valence-electron chi connectivity index (χ0n) is 15.4. The molecule has 0 atom stereocenters. The molecule has 1 fully saturated rings. The van der Waals surface area contributed by atoms with Crippen molar-refractivity contribution in [2.75, 3.05) is 25.0 Å². The quantitative estimate of drug-likeness (QED) is 0.780. The number of hydrogen-bond acceptors (Lipinski definition) is 6. The molecule has 1 aliphatic heterocycles. The topological polar surface area (TPSA) is 96.2 Å². The summed E-state index contributed by atoms with van der Waals surface area (Å²) in [5, 5.41) is 13.0. The molecule has 8 nitrogen and oxygen atoms in total. The van der Waals surface area contributed by atoms with Crippen LogP contribution in [0.4, 0.5) is 5.95 Å². The molecule has 0 aromatic carbocycles. The molecule has 140 valence electrons. The van der Waals surface area contributed by atoms with Crippen LogP contribution >= 0.6 is 0 Å². The van der Waals surface area contributed by atoms with Crippen LogP contribution in [0.2, 0.25) is 0 Å². The van der Waals surface area contributed by atoms with Gasteiger partial charge in [-0.3, -0.25) is 4.90 Å². The lowest BCUT2D eigenvalue weighted by molar-refractivity contribution is -0.150. The third kappa shape index (κ3) is 3.70. The maximum Gasteiger partial charge on any atom is 0.330 e. The number of nitrogens with zero attached hydrogens (tertiary/aromatic N) is 5. The Morgan fingerprint density at radius 2 is 1.96 bits per heavy atom. The first-order valence-corrected chi connectivity index (χ1v) is 9.06. The van der Waals surface area contributed by atoms with Crippen LogP contribution in [0, 0.1) is 6.92 Å². The van der Waals surface area contributed by atoms with Crippen LogP contribution in [0.1, 0.15) is 37.6 Å². The number of aliphatic carboxylic acids is 1. The highest BCUT2D eigenvalue weighted by molar-refractivity contribution is 5.77. The van der Waals surface area contributed by atoms with Crippen LogP contribution < -0.4 is 5.32 Å². The molecule has 0 amide bonds. The average molecular weight is 358 g/mol. The molecule has 2 aromatic rings. The largest absolute Gasteiger partial charge is 0.479 e. The van der Waals surface area contributed by atoms with Crippen LogP contribution in [0.5, 0.6) is 0 Å². The van der Waals surface area contributed by atoms with E-state index in [1.165, 1.54) is 0 Å². The minimum Gasteiger partial charge on any atom is -0.479 e. The summed E-state index contributed by atoms with van der Waals surface area (Å²) < 4.78 is 1.81. The van der Waals surface area contributed by atoms with Gasteiger partial charge < -0.3 is 15.0 Å². The Morgan fingerprint density at radius 1 is 1.27 bits per heavy atom. The number of carboxylic acid groups (broad SMARTS) is 1. The molecule has 0 saturated carbocycles. The van der Waals surface area contributed by atoms with E-state index in [-0.39, 0.29) is 0 Å². The Hall–Kier alpha value is -2.48. The molecule has 3 heterocycles. The van der Waals surface area contributed by atoms with E-state index in [1.807, 2.05) is 23.9 Å². The lowest BCUT2D eigenvalue weighted by atomic mass is 9.87. The molecule has 0 unspecified atom stereocenters. The Bertz CT molecular complexity index is 734. The van der Waals surface area contributed by atoms with Crippen LogP contribution in [0.15, 0.2) is 24.8 Å². The molecule has 1 aliphatic rings. The van der Waals surface area contributed by atoms with Crippen molar-refractivity contribution < 1.29 is 9.90 Å². The lowest BCUT2D eigenvalue weighted by Gasteiger charge is -2.40. The maximum atomic E-state index is 12.0. The summed E-state index contributed by atoms with van der Waals surface area (Å²) in [6.07, 6.45) is 9.24. The number of aryl methyl sites for hydroxylation is 1. The number of carbonyl (C=O) groups is 1. The number of hydrogen-bond donors (Lipinski definition) is 2. The van der Waals surface area contributed by atoms with E-state index >= 15 is 0 Å². The molecule has 26 heavy (non-hydrogen) atoms. The van der Waals surface area contributed by atoms with Crippen molar-refractivity contribution in [1.29, 1.82) is 0 Å². The van der Waals surface area contributed by atoms with Crippen LogP contribution in [0.3, 0.4) is 0 Å². The van der Waals surface area contributed by atoms with Gasteiger partial charge in [-0.05, 0) is 26.2 Å². The van der Waals surface area contributed by atoms with Gasteiger partial charge in [-0.25, -0.2) is 19.7 Å². The Balaban J connectivity index is 1.62. The summed E-state index contributed by atoms with van der Waals surface area (Å²) in [6, 6.07) is 0. The van der Waals surface area contributed by atoms with E-state index in [4.69, 9.17) is 0 Å². The highest BCUT2D eigenvalue weighted by Crippen LogP contribution is 2.32. The molecule has 2 aromatic heterocycles. The fourth-order valence-corrected chi connectivity index (χ4v) is 3.49. The second-order valence-corrected chi connectivity index (χ2v) is 6.80. The molecular weight excluding hydrogens is 332 g/mol. The van der Waals surface area contributed by atoms with Gasteiger partial charge in [0.15, 0.2) is 0 Å². The predicted molar refractivity (Wildman–Crippen MR) is 97.9 cm³/mol. The standard InChI is InChI=1S/C18H26N6O2/c1-3-6-20-17-21-11-15(12-22-17)13-23-8-4-18(5-9-23,16(25)26)24-10-7-19-14(24)2/h7,10-12H,3-6,8-9,13H2,1-2H3,(H,25,26)(H,20,21,22). The first kappa shape index (κ1) is 18.3. The summed E-state index contributed by atoms with van der Waals surface area (Å²) in [5.74, 6) is 0.604. The molecule has 8 heteroatoms. The van der Waals surface area contributed by atoms with E-state index in [9.17, 15) is 9.90 Å². The normalized spacial score (nSPS) is 17.2. The van der Waals surface area contributed by atoms with Gasteiger partial charge in [0.2, 0.25) is 5.95 Å². The monoisotopic (exact) mass is 358 g/mol. The van der Waals surface area contributed by atoms with Gasteiger partial charge in [0.25, 0.3) is 0 Å². The number of imidazole rings is 1. The number of aromatic nitrogens is 4. The van der Waals surface area contributed by atoms with Crippen LogP contribution in [0.25, 0.3) is 0 Å². The fraction of sp³-hybridized carbons (Fsp3) is 0.556. The molecule has 2 N–H and O–H groups in total. The van der Waals surface area contributed by atoms with Crippen molar-refractivity contribution in [2.24, 2.45) is 0 Å². The predicted octanol–water partition coefficient (Wildman–Crippen LogP) is 1.88. The zero-order valence-corrected chi connectivity index (χ0v) is 15.4. The molecule has 1 saturated heterocycles. The van der Waals surface area contributed by atoms with E-state index in [2.05, 4.69) is 32.1 Å². The van der Waals surface area contributed by atoms with Gasteiger partial charge >= 0.3 is 5.97 Å². The highest BCUT2D eigenvalue weighted by Gasteiger charge is 2.43. The van der Waals surface area contributed by atoms with Crippen LogP contribution in [-0.2, 0) is 16.9 Å². The van der Waals surface area contributed by atoms with Crippen molar-refractivity contribution in [3.63, 3.8) is 0 Å². The number of likely N-dealkylation sites (tertiary alicyclic amines) is 1. The van der Waals surface area contributed by atoms with E-state index < -0.39 is 11.5 Å². The summed E-state index contributed by atoms with van der Waals surface area (Å²) >= 11 is 0. The van der Waals surface area contributed by atoms with Crippen molar-refractivity contribution in [2.45, 2.75) is 45.2 Å². The molecule has 0 aliphatic carbocycles.